The first-order chi connectivity index (χ1) is 9.10. The number of hydrogen-bond acceptors (Lipinski definition) is 6. The quantitative estimate of drug-likeness (QED) is 0.193. The Kier molecular flexibility index (Phi) is 5.52. The van der Waals surface area contributed by atoms with E-state index in [4.69, 9.17) is 15.7 Å². The Labute approximate surface area is 110 Å². The summed E-state index contributed by atoms with van der Waals surface area (Å²) in [6.45, 7) is 2.54. The van der Waals surface area contributed by atoms with Crippen LogP contribution in [0.1, 0.15) is 31.9 Å². The molecular formula is C11H16N4O4. The van der Waals surface area contributed by atoms with E-state index < -0.39 is 10.8 Å². The van der Waals surface area contributed by atoms with Crippen molar-refractivity contribution in [3.63, 3.8) is 0 Å². The maximum atomic E-state index is 10.8. The summed E-state index contributed by atoms with van der Waals surface area (Å²) in [5, 5.41) is 22.1. The highest BCUT2D eigenvalue weighted by Gasteiger charge is 2.20. The van der Waals surface area contributed by atoms with E-state index in [-0.39, 0.29) is 17.3 Å². The average molecular weight is 268 g/mol. The summed E-state index contributed by atoms with van der Waals surface area (Å²) in [6.07, 6.45) is 2.96. The third-order valence-electron chi connectivity index (χ3n) is 2.39. The van der Waals surface area contributed by atoms with Gasteiger partial charge in [0, 0.05) is 12.1 Å². The van der Waals surface area contributed by atoms with E-state index in [9.17, 15) is 10.1 Å². The molecule has 1 heterocycles. The van der Waals surface area contributed by atoms with E-state index in [0.29, 0.717) is 6.61 Å². The number of nitro groups is 1. The third-order valence-corrected chi connectivity index (χ3v) is 2.39. The van der Waals surface area contributed by atoms with E-state index in [0.717, 1.165) is 19.3 Å². The number of rotatable bonds is 7. The standard InChI is InChI=1S/C11H16N4O4/c1-2-3-4-7-19-9-6-5-8(15(17)18)10(13-9)11(12)14-16/h5-6,16H,2-4,7H2,1H3,(H2,12,14). The van der Waals surface area contributed by atoms with E-state index in [1.165, 1.54) is 12.1 Å². The van der Waals surface area contributed by atoms with Crippen molar-refractivity contribution in [1.82, 2.24) is 4.98 Å². The second-order valence-corrected chi connectivity index (χ2v) is 3.82. The van der Waals surface area contributed by atoms with Crippen molar-refractivity contribution in [1.29, 1.82) is 0 Å². The van der Waals surface area contributed by atoms with Gasteiger partial charge in [0.1, 0.15) is 0 Å². The van der Waals surface area contributed by atoms with Gasteiger partial charge in [0.25, 0.3) is 5.69 Å². The van der Waals surface area contributed by atoms with Crippen LogP contribution in [0.15, 0.2) is 17.3 Å². The van der Waals surface area contributed by atoms with Crippen molar-refractivity contribution in [3.05, 3.63) is 27.9 Å². The van der Waals surface area contributed by atoms with Crippen LogP contribution in [0.5, 0.6) is 5.88 Å². The van der Waals surface area contributed by atoms with Gasteiger partial charge in [-0.1, -0.05) is 24.9 Å². The maximum absolute atomic E-state index is 10.8. The molecule has 0 saturated heterocycles. The number of aromatic nitrogens is 1. The van der Waals surface area contributed by atoms with Gasteiger partial charge < -0.3 is 15.7 Å². The van der Waals surface area contributed by atoms with Crippen molar-refractivity contribution < 1.29 is 14.9 Å². The van der Waals surface area contributed by atoms with E-state index in [1.54, 1.807) is 0 Å². The van der Waals surface area contributed by atoms with Crippen LogP contribution in [0, 0.1) is 10.1 Å². The molecule has 0 spiro atoms. The summed E-state index contributed by atoms with van der Waals surface area (Å²) in [5.41, 5.74) is 4.81. The monoisotopic (exact) mass is 268 g/mol. The first-order valence-corrected chi connectivity index (χ1v) is 5.86. The summed E-state index contributed by atoms with van der Waals surface area (Å²) in [7, 11) is 0. The molecule has 104 valence electrons. The largest absolute Gasteiger partial charge is 0.478 e. The zero-order chi connectivity index (χ0) is 14.3. The lowest BCUT2D eigenvalue weighted by Gasteiger charge is -2.06. The lowest BCUT2D eigenvalue weighted by Crippen LogP contribution is -2.17. The van der Waals surface area contributed by atoms with Gasteiger partial charge in [-0.05, 0) is 6.42 Å². The van der Waals surface area contributed by atoms with Gasteiger partial charge >= 0.3 is 0 Å². The molecule has 0 bridgehead atoms. The normalized spacial score (nSPS) is 11.3. The summed E-state index contributed by atoms with van der Waals surface area (Å²) >= 11 is 0. The molecule has 19 heavy (non-hydrogen) atoms. The first kappa shape index (κ1) is 14.7. The van der Waals surface area contributed by atoms with Gasteiger partial charge in [-0.25, -0.2) is 4.98 Å². The maximum Gasteiger partial charge on any atom is 0.299 e. The molecule has 1 rings (SSSR count). The molecule has 0 atom stereocenters. The van der Waals surface area contributed by atoms with E-state index in [1.807, 2.05) is 0 Å². The number of hydrogen-bond donors (Lipinski definition) is 2. The van der Waals surface area contributed by atoms with Crippen molar-refractivity contribution in [2.24, 2.45) is 10.9 Å². The fourth-order valence-corrected chi connectivity index (χ4v) is 1.43. The Morgan fingerprint density at radius 3 is 2.89 bits per heavy atom. The van der Waals surface area contributed by atoms with Crippen LogP contribution in [0.2, 0.25) is 0 Å². The second-order valence-electron chi connectivity index (χ2n) is 3.82. The van der Waals surface area contributed by atoms with Crippen molar-refractivity contribution in [2.75, 3.05) is 6.61 Å². The molecule has 1 aromatic heterocycles. The van der Waals surface area contributed by atoms with Gasteiger partial charge in [-0.15, -0.1) is 0 Å². The molecule has 0 aliphatic heterocycles. The van der Waals surface area contributed by atoms with Crippen molar-refractivity contribution in [3.8, 4) is 5.88 Å². The first-order valence-electron chi connectivity index (χ1n) is 5.86. The van der Waals surface area contributed by atoms with Gasteiger partial charge in [0.05, 0.1) is 11.5 Å². The Hall–Kier alpha value is -2.38. The highest BCUT2D eigenvalue weighted by atomic mass is 16.6. The molecule has 0 saturated carbocycles. The molecule has 0 aromatic carbocycles. The number of nitrogens with two attached hydrogens (primary N) is 1. The van der Waals surface area contributed by atoms with Crippen LogP contribution >= 0.6 is 0 Å². The Morgan fingerprint density at radius 2 is 2.32 bits per heavy atom. The van der Waals surface area contributed by atoms with Crippen LogP contribution in [-0.4, -0.2) is 27.6 Å². The highest BCUT2D eigenvalue weighted by molar-refractivity contribution is 5.98. The Bertz CT molecular complexity index is 476. The molecule has 0 fully saturated rings. The minimum absolute atomic E-state index is 0.208. The Balaban J connectivity index is 2.89. The molecule has 8 nitrogen and oxygen atoms in total. The van der Waals surface area contributed by atoms with Crippen LogP contribution in [0.25, 0.3) is 0 Å². The van der Waals surface area contributed by atoms with Crippen LogP contribution in [-0.2, 0) is 0 Å². The molecule has 3 N–H and O–H groups in total. The highest BCUT2D eigenvalue weighted by Crippen LogP contribution is 2.20. The fourth-order valence-electron chi connectivity index (χ4n) is 1.43. The van der Waals surface area contributed by atoms with E-state index >= 15 is 0 Å². The number of nitrogens with zero attached hydrogens (tertiary/aromatic N) is 3. The summed E-state index contributed by atoms with van der Waals surface area (Å²) in [6, 6.07) is 2.60. The molecular weight excluding hydrogens is 252 g/mol. The Morgan fingerprint density at radius 1 is 1.58 bits per heavy atom. The predicted molar refractivity (Wildman–Crippen MR) is 68.4 cm³/mol. The lowest BCUT2D eigenvalue weighted by atomic mass is 10.2. The predicted octanol–water partition coefficient (Wildman–Crippen LogP) is 1.65. The van der Waals surface area contributed by atoms with Crippen molar-refractivity contribution in [2.45, 2.75) is 26.2 Å². The number of unbranched alkanes of at least 4 members (excludes halogenated alkanes) is 2. The molecule has 0 aliphatic carbocycles. The molecule has 0 unspecified atom stereocenters. The van der Waals surface area contributed by atoms with Crippen molar-refractivity contribution >= 4 is 11.5 Å². The summed E-state index contributed by atoms with van der Waals surface area (Å²) in [4.78, 5) is 14.0. The number of oxime groups is 1. The molecule has 0 amide bonds. The number of ether oxygens (including phenoxy) is 1. The zero-order valence-electron chi connectivity index (χ0n) is 10.6. The van der Waals surface area contributed by atoms with Crippen LogP contribution in [0.3, 0.4) is 0 Å². The molecule has 0 radical (unpaired) electrons. The van der Waals surface area contributed by atoms with Crippen LogP contribution < -0.4 is 10.5 Å². The minimum Gasteiger partial charge on any atom is -0.478 e. The minimum atomic E-state index is -0.652. The average Bonchev–Trinajstić information content (AvgIpc) is 2.42. The van der Waals surface area contributed by atoms with Gasteiger partial charge in [-0.2, -0.15) is 0 Å². The lowest BCUT2D eigenvalue weighted by molar-refractivity contribution is -0.385. The van der Waals surface area contributed by atoms with Crippen LogP contribution in [0.4, 0.5) is 5.69 Å². The topological polar surface area (TPSA) is 124 Å². The third kappa shape index (κ3) is 4.09. The molecule has 8 heteroatoms. The number of amidine groups is 1. The van der Waals surface area contributed by atoms with Gasteiger partial charge in [-0.3, -0.25) is 10.1 Å². The smallest absolute Gasteiger partial charge is 0.299 e. The van der Waals surface area contributed by atoms with Gasteiger partial charge in [0.2, 0.25) is 5.88 Å². The van der Waals surface area contributed by atoms with E-state index in [2.05, 4.69) is 17.1 Å². The number of pyridine rings is 1. The second kappa shape index (κ2) is 7.14. The van der Waals surface area contributed by atoms with Gasteiger partial charge in [0.15, 0.2) is 11.5 Å². The summed E-state index contributed by atoms with van der Waals surface area (Å²) < 4.78 is 5.35. The summed E-state index contributed by atoms with van der Waals surface area (Å²) in [5.74, 6) is -0.214. The molecule has 1 aromatic rings. The fraction of sp³-hybridized carbons (Fsp3) is 0.455. The zero-order valence-corrected chi connectivity index (χ0v) is 10.6. The molecule has 0 aliphatic rings. The SMILES string of the molecule is CCCCCOc1ccc([N+](=O)[O-])c(/C(N)=N/O)n1.